The topological polar surface area (TPSA) is 63.4 Å². The number of hydrogen-bond acceptors (Lipinski definition) is 4. The van der Waals surface area contributed by atoms with Crippen LogP contribution in [0.25, 0.3) is 0 Å². The molecule has 0 spiro atoms. The summed E-state index contributed by atoms with van der Waals surface area (Å²) in [6, 6.07) is 8.79. The molecule has 2 aromatic carbocycles. The Hall–Kier alpha value is -2.01. The van der Waals surface area contributed by atoms with E-state index in [9.17, 15) is 15.2 Å². The molecule has 2 rings (SSSR count). The number of phenols is 1. The van der Waals surface area contributed by atoms with Gasteiger partial charge in [0.05, 0.1) is 4.92 Å². The van der Waals surface area contributed by atoms with Crippen LogP contribution in [0.15, 0.2) is 35.2 Å². The van der Waals surface area contributed by atoms with Crippen LogP contribution in [0.3, 0.4) is 0 Å². The zero-order chi connectivity index (χ0) is 19.9. The molecule has 2 aromatic rings. The Morgan fingerprint density at radius 3 is 1.88 bits per heavy atom. The Bertz CT molecular complexity index is 810. The minimum atomic E-state index is -0.417. The number of aromatic hydroxyl groups is 1. The predicted octanol–water partition coefficient (Wildman–Crippen LogP) is 5.77. The van der Waals surface area contributed by atoms with Gasteiger partial charge in [0.15, 0.2) is 0 Å². The highest BCUT2D eigenvalue weighted by molar-refractivity contribution is 7.80. The maximum absolute atomic E-state index is 10.9. The number of nitro groups is 1. The van der Waals surface area contributed by atoms with Crippen molar-refractivity contribution in [3.63, 3.8) is 0 Å². The lowest BCUT2D eigenvalue weighted by atomic mass is 9.78. The molecule has 140 valence electrons. The van der Waals surface area contributed by atoms with Gasteiger partial charge in [0.2, 0.25) is 0 Å². The Kier molecular flexibility index (Phi) is 5.43. The maximum atomic E-state index is 10.9. The highest BCUT2D eigenvalue weighted by atomic mass is 32.1. The third kappa shape index (κ3) is 4.39. The molecule has 5 heteroatoms. The summed E-state index contributed by atoms with van der Waals surface area (Å²) < 4.78 is 0. The smallest absolute Gasteiger partial charge is 0.270 e. The molecule has 0 unspecified atom stereocenters. The number of nitrogens with zero attached hydrogens (tertiary/aromatic N) is 1. The molecule has 0 heterocycles. The highest BCUT2D eigenvalue weighted by Gasteiger charge is 2.26. The molecule has 0 aromatic heterocycles. The SMILES string of the molecule is CC(C)(C)c1cc(Cc2ccc([N+](=O)[O-])cc2S)cc(C(C)(C)C)c1O. The predicted molar refractivity (Wildman–Crippen MR) is 109 cm³/mol. The minimum Gasteiger partial charge on any atom is -0.507 e. The average Bonchev–Trinajstić information content (AvgIpc) is 2.48. The van der Waals surface area contributed by atoms with E-state index in [2.05, 4.69) is 54.2 Å². The molecule has 26 heavy (non-hydrogen) atoms. The first-order valence-corrected chi connectivity index (χ1v) is 9.08. The van der Waals surface area contributed by atoms with Gasteiger partial charge in [-0.05, 0) is 39.5 Å². The van der Waals surface area contributed by atoms with E-state index in [0.29, 0.717) is 17.1 Å². The van der Waals surface area contributed by atoms with E-state index < -0.39 is 4.92 Å². The first-order chi connectivity index (χ1) is 11.8. The van der Waals surface area contributed by atoms with Crippen LogP contribution in [0.5, 0.6) is 5.75 Å². The van der Waals surface area contributed by atoms with Crippen molar-refractivity contribution in [3.8, 4) is 5.75 Å². The van der Waals surface area contributed by atoms with E-state index in [-0.39, 0.29) is 16.5 Å². The van der Waals surface area contributed by atoms with Crippen LogP contribution in [0.2, 0.25) is 0 Å². The van der Waals surface area contributed by atoms with Crippen molar-refractivity contribution < 1.29 is 10.0 Å². The second-order valence-corrected chi connectivity index (χ2v) is 9.27. The number of nitro benzene ring substituents is 1. The molecular weight excluding hydrogens is 346 g/mol. The fourth-order valence-electron chi connectivity index (χ4n) is 2.97. The van der Waals surface area contributed by atoms with E-state index in [1.807, 2.05) is 12.1 Å². The first kappa shape index (κ1) is 20.3. The Morgan fingerprint density at radius 2 is 1.50 bits per heavy atom. The number of hydrogen-bond donors (Lipinski definition) is 2. The van der Waals surface area contributed by atoms with Crippen LogP contribution in [0.1, 0.15) is 63.8 Å². The highest BCUT2D eigenvalue weighted by Crippen LogP contribution is 2.40. The van der Waals surface area contributed by atoms with E-state index in [1.54, 1.807) is 6.07 Å². The molecule has 0 radical (unpaired) electrons. The zero-order valence-corrected chi connectivity index (χ0v) is 17.1. The van der Waals surface area contributed by atoms with E-state index in [4.69, 9.17) is 0 Å². The summed E-state index contributed by atoms with van der Waals surface area (Å²) in [7, 11) is 0. The summed E-state index contributed by atoms with van der Waals surface area (Å²) in [5, 5.41) is 21.7. The largest absolute Gasteiger partial charge is 0.507 e. The molecule has 0 amide bonds. The molecule has 0 atom stereocenters. The van der Waals surface area contributed by atoms with Crippen molar-refractivity contribution >= 4 is 18.3 Å². The summed E-state index contributed by atoms with van der Waals surface area (Å²) in [5.74, 6) is 0.351. The van der Waals surface area contributed by atoms with Gasteiger partial charge < -0.3 is 5.11 Å². The number of rotatable bonds is 3. The van der Waals surface area contributed by atoms with Gasteiger partial charge in [0.25, 0.3) is 5.69 Å². The molecule has 0 saturated carbocycles. The van der Waals surface area contributed by atoms with Crippen LogP contribution in [-0.2, 0) is 17.3 Å². The van der Waals surface area contributed by atoms with Crippen molar-refractivity contribution in [2.45, 2.75) is 63.7 Å². The number of phenolic OH excluding ortho intramolecular Hbond substituents is 1. The normalized spacial score (nSPS) is 12.3. The molecule has 0 fully saturated rings. The van der Waals surface area contributed by atoms with Gasteiger partial charge >= 0.3 is 0 Å². The molecule has 1 N–H and O–H groups in total. The van der Waals surface area contributed by atoms with Crippen molar-refractivity contribution in [2.24, 2.45) is 0 Å². The van der Waals surface area contributed by atoms with E-state index in [0.717, 1.165) is 22.3 Å². The average molecular weight is 374 g/mol. The van der Waals surface area contributed by atoms with Crippen LogP contribution >= 0.6 is 12.6 Å². The lowest BCUT2D eigenvalue weighted by molar-refractivity contribution is -0.385. The van der Waals surface area contributed by atoms with Crippen LogP contribution < -0.4 is 0 Å². The molecule has 0 saturated heterocycles. The Morgan fingerprint density at radius 1 is 1.00 bits per heavy atom. The summed E-state index contributed by atoms with van der Waals surface area (Å²) in [5.41, 5.74) is 3.44. The van der Waals surface area contributed by atoms with Gasteiger partial charge in [0, 0.05) is 17.0 Å². The first-order valence-electron chi connectivity index (χ1n) is 8.64. The van der Waals surface area contributed by atoms with Crippen LogP contribution in [-0.4, -0.2) is 10.0 Å². The second kappa shape index (κ2) is 6.95. The quantitative estimate of drug-likeness (QED) is 0.407. The molecule has 0 aliphatic rings. The summed E-state index contributed by atoms with van der Waals surface area (Å²) >= 11 is 4.42. The summed E-state index contributed by atoms with van der Waals surface area (Å²) in [4.78, 5) is 11.1. The maximum Gasteiger partial charge on any atom is 0.270 e. The molecule has 0 bridgehead atoms. The molecule has 0 aliphatic heterocycles. The van der Waals surface area contributed by atoms with Crippen molar-refractivity contribution in [1.82, 2.24) is 0 Å². The van der Waals surface area contributed by atoms with Gasteiger partial charge in [-0.1, -0.05) is 59.7 Å². The van der Waals surface area contributed by atoms with Gasteiger partial charge in [-0.2, -0.15) is 0 Å². The number of non-ortho nitro benzene ring substituents is 1. The van der Waals surface area contributed by atoms with Gasteiger partial charge in [-0.3, -0.25) is 10.1 Å². The Balaban J connectivity index is 2.55. The standard InChI is InChI=1S/C21H27NO3S/c1-20(2,3)16-10-13(11-17(19(16)23)21(4,5)6)9-14-7-8-15(22(24)25)12-18(14)26/h7-8,10-12,23,26H,9H2,1-6H3. The fourth-order valence-corrected chi connectivity index (χ4v) is 3.26. The number of thiol groups is 1. The van der Waals surface area contributed by atoms with Crippen LogP contribution in [0.4, 0.5) is 5.69 Å². The third-order valence-electron chi connectivity index (χ3n) is 4.46. The van der Waals surface area contributed by atoms with Crippen molar-refractivity contribution in [3.05, 3.63) is 62.7 Å². The third-order valence-corrected chi connectivity index (χ3v) is 4.88. The molecular formula is C21H27NO3S. The monoisotopic (exact) mass is 373 g/mol. The summed E-state index contributed by atoms with van der Waals surface area (Å²) in [6.45, 7) is 12.5. The lowest BCUT2D eigenvalue weighted by Gasteiger charge is -2.28. The second-order valence-electron chi connectivity index (χ2n) is 8.79. The zero-order valence-electron chi connectivity index (χ0n) is 16.3. The fraction of sp³-hybridized carbons (Fsp3) is 0.429. The Labute approximate surface area is 160 Å². The molecule has 4 nitrogen and oxygen atoms in total. The van der Waals surface area contributed by atoms with Gasteiger partial charge in [0.1, 0.15) is 5.75 Å². The van der Waals surface area contributed by atoms with Crippen molar-refractivity contribution in [2.75, 3.05) is 0 Å². The lowest BCUT2D eigenvalue weighted by Crippen LogP contribution is -2.18. The molecule has 0 aliphatic carbocycles. The van der Waals surface area contributed by atoms with E-state index >= 15 is 0 Å². The van der Waals surface area contributed by atoms with Gasteiger partial charge in [-0.15, -0.1) is 12.6 Å². The number of benzene rings is 2. The van der Waals surface area contributed by atoms with E-state index in [1.165, 1.54) is 12.1 Å². The minimum absolute atomic E-state index is 0.0372. The van der Waals surface area contributed by atoms with Crippen LogP contribution in [0, 0.1) is 10.1 Å². The van der Waals surface area contributed by atoms with Crippen molar-refractivity contribution in [1.29, 1.82) is 0 Å². The summed E-state index contributed by atoms with van der Waals surface area (Å²) in [6.07, 6.45) is 0.600. The van der Waals surface area contributed by atoms with Gasteiger partial charge in [-0.25, -0.2) is 0 Å².